The topological polar surface area (TPSA) is 49.4 Å². The summed E-state index contributed by atoms with van der Waals surface area (Å²) < 4.78 is 0. The van der Waals surface area contributed by atoms with E-state index in [9.17, 15) is 9.59 Å². The molecular formula is C17H32N2O2. The van der Waals surface area contributed by atoms with Gasteiger partial charge < -0.3 is 10.2 Å². The van der Waals surface area contributed by atoms with Crippen molar-refractivity contribution in [2.75, 3.05) is 13.1 Å². The predicted molar refractivity (Wildman–Crippen MR) is 85.8 cm³/mol. The third-order valence-corrected chi connectivity index (χ3v) is 3.96. The molecule has 1 N–H and O–H groups in total. The Balaban J connectivity index is 2.74. The summed E-state index contributed by atoms with van der Waals surface area (Å²) in [7, 11) is 0. The van der Waals surface area contributed by atoms with Gasteiger partial charge in [-0.2, -0.15) is 0 Å². The quantitative estimate of drug-likeness (QED) is 0.867. The van der Waals surface area contributed by atoms with Gasteiger partial charge in [0.25, 0.3) is 0 Å². The maximum Gasteiger partial charge on any atom is 0.222 e. The molecule has 0 aromatic heterocycles. The molecule has 0 saturated carbocycles. The van der Waals surface area contributed by atoms with E-state index < -0.39 is 0 Å². The molecule has 0 aromatic rings. The van der Waals surface area contributed by atoms with Crippen molar-refractivity contribution < 1.29 is 9.59 Å². The van der Waals surface area contributed by atoms with Crippen molar-refractivity contribution in [1.29, 1.82) is 0 Å². The molecule has 0 radical (unpaired) electrons. The van der Waals surface area contributed by atoms with Gasteiger partial charge in [0.15, 0.2) is 0 Å². The molecule has 1 fully saturated rings. The third kappa shape index (κ3) is 6.06. The van der Waals surface area contributed by atoms with E-state index in [1.54, 1.807) is 0 Å². The van der Waals surface area contributed by atoms with Gasteiger partial charge in [-0.25, -0.2) is 0 Å². The van der Waals surface area contributed by atoms with E-state index in [1.165, 1.54) is 0 Å². The standard InChI is InChI=1S/C17H32N2O2/c1-7-15(20)19-10-13(9-17(4,5)6)8-14(11-19)18-16(21)12(2)3/h12-14H,7-11H2,1-6H3,(H,18,21). The van der Waals surface area contributed by atoms with E-state index >= 15 is 0 Å². The number of carbonyl (C=O) groups excluding carboxylic acids is 2. The number of hydrogen-bond donors (Lipinski definition) is 1. The molecule has 2 unspecified atom stereocenters. The van der Waals surface area contributed by atoms with Gasteiger partial charge in [-0.1, -0.05) is 41.5 Å². The molecule has 0 aromatic carbocycles. The minimum atomic E-state index is -0.0108. The number of nitrogens with one attached hydrogen (secondary N) is 1. The first-order valence-corrected chi connectivity index (χ1v) is 8.20. The van der Waals surface area contributed by atoms with Crippen molar-refractivity contribution in [3.63, 3.8) is 0 Å². The fourth-order valence-electron chi connectivity index (χ4n) is 3.12. The molecule has 1 aliphatic rings. The van der Waals surface area contributed by atoms with Crippen LogP contribution in [0.15, 0.2) is 0 Å². The Bertz CT molecular complexity index is 371. The van der Waals surface area contributed by atoms with Gasteiger partial charge in [0.2, 0.25) is 11.8 Å². The molecule has 4 nitrogen and oxygen atoms in total. The van der Waals surface area contributed by atoms with E-state index in [-0.39, 0.29) is 29.2 Å². The lowest BCUT2D eigenvalue weighted by molar-refractivity contribution is -0.135. The maximum atomic E-state index is 12.1. The predicted octanol–water partition coefficient (Wildman–Crippen LogP) is 2.82. The van der Waals surface area contributed by atoms with E-state index in [4.69, 9.17) is 0 Å². The lowest BCUT2D eigenvalue weighted by atomic mass is 9.80. The van der Waals surface area contributed by atoms with Crippen LogP contribution in [-0.2, 0) is 9.59 Å². The number of likely N-dealkylation sites (tertiary alicyclic amines) is 1. The molecule has 0 bridgehead atoms. The summed E-state index contributed by atoms with van der Waals surface area (Å²) in [5, 5.41) is 3.11. The fraction of sp³-hybridized carbons (Fsp3) is 0.882. The van der Waals surface area contributed by atoms with E-state index in [0.717, 1.165) is 19.4 Å². The first-order valence-electron chi connectivity index (χ1n) is 8.20. The first kappa shape index (κ1) is 18.0. The van der Waals surface area contributed by atoms with Crippen LogP contribution >= 0.6 is 0 Å². The molecule has 2 amide bonds. The normalized spacial score (nSPS) is 23.3. The molecule has 1 heterocycles. The Labute approximate surface area is 129 Å². The molecule has 0 aliphatic carbocycles. The van der Waals surface area contributed by atoms with Crippen LogP contribution in [0, 0.1) is 17.3 Å². The molecule has 2 atom stereocenters. The van der Waals surface area contributed by atoms with Crippen LogP contribution in [0.25, 0.3) is 0 Å². The third-order valence-electron chi connectivity index (χ3n) is 3.96. The molecule has 21 heavy (non-hydrogen) atoms. The maximum absolute atomic E-state index is 12.1. The Morgan fingerprint density at radius 2 is 1.86 bits per heavy atom. The van der Waals surface area contributed by atoms with Crippen molar-refractivity contribution in [3.8, 4) is 0 Å². The van der Waals surface area contributed by atoms with Gasteiger partial charge in [0, 0.05) is 31.5 Å². The van der Waals surface area contributed by atoms with Crippen LogP contribution < -0.4 is 5.32 Å². The number of nitrogens with zero attached hydrogens (tertiary/aromatic N) is 1. The molecule has 0 spiro atoms. The lowest BCUT2D eigenvalue weighted by Crippen LogP contribution is -2.53. The second kappa shape index (κ2) is 7.28. The molecule has 1 saturated heterocycles. The van der Waals surface area contributed by atoms with E-state index in [1.807, 2.05) is 25.7 Å². The summed E-state index contributed by atoms with van der Waals surface area (Å²) in [6.07, 6.45) is 2.59. The summed E-state index contributed by atoms with van der Waals surface area (Å²) in [6, 6.07) is 0.0940. The Hall–Kier alpha value is -1.06. The number of hydrogen-bond acceptors (Lipinski definition) is 2. The highest BCUT2D eigenvalue weighted by molar-refractivity contribution is 5.79. The number of piperidine rings is 1. The fourth-order valence-corrected chi connectivity index (χ4v) is 3.12. The van der Waals surface area contributed by atoms with Crippen LogP contribution in [0.4, 0.5) is 0 Å². The second-order valence-electron chi connectivity index (χ2n) is 7.88. The Morgan fingerprint density at radius 1 is 1.24 bits per heavy atom. The Kier molecular flexibility index (Phi) is 6.24. The minimum absolute atomic E-state index is 0.0108. The number of amides is 2. The van der Waals surface area contributed by atoms with Crippen LogP contribution in [0.1, 0.15) is 60.8 Å². The number of rotatable bonds is 4. The summed E-state index contributed by atoms with van der Waals surface area (Å²) in [5.74, 6) is 0.729. The monoisotopic (exact) mass is 296 g/mol. The SMILES string of the molecule is CCC(=O)N1CC(CC(C)(C)C)CC(NC(=O)C(C)C)C1. The first-order chi connectivity index (χ1) is 9.62. The summed E-state index contributed by atoms with van der Waals surface area (Å²) in [4.78, 5) is 25.9. The summed E-state index contributed by atoms with van der Waals surface area (Å²) >= 11 is 0. The molecule has 1 aliphatic heterocycles. The lowest BCUT2D eigenvalue weighted by Gasteiger charge is -2.40. The zero-order valence-corrected chi connectivity index (χ0v) is 14.5. The van der Waals surface area contributed by atoms with Crippen molar-refractivity contribution in [3.05, 3.63) is 0 Å². The summed E-state index contributed by atoms with van der Waals surface area (Å²) in [5.41, 5.74) is 0.246. The van der Waals surface area contributed by atoms with Crippen molar-refractivity contribution in [1.82, 2.24) is 10.2 Å². The average molecular weight is 296 g/mol. The van der Waals surface area contributed by atoms with Crippen LogP contribution in [0.5, 0.6) is 0 Å². The largest absolute Gasteiger partial charge is 0.351 e. The van der Waals surface area contributed by atoms with Crippen LogP contribution in [0.3, 0.4) is 0 Å². The summed E-state index contributed by atoms with van der Waals surface area (Å²) in [6.45, 7) is 13.9. The zero-order valence-electron chi connectivity index (χ0n) is 14.5. The molecular weight excluding hydrogens is 264 g/mol. The highest BCUT2D eigenvalue weighted by Gasteiger charge is 2.32. The van der Waals surface area contributed by atoms with Gasteiger partial charge >= 0.3 is 0 Å². The van der Waals surface area contributed by atoms with Gasteiger partial charge in [0.05, 0.1) is 0 Å². The second-order valence-corrected chi connectivity index (χ2v) is 7.88. The molecule has 4 heteroatoms. The molecule has 1 rings (SSSR count). The Morgan fingerprint density at radius 3 is 2.33 bits per heavy atom. The van der Waals surface area contributed by atoms with Gasteiger partial charge in [0.1, 0.15) is 0 Å². The smallest absolute Gasteiger partial charge is 0.222 e. The van der Waals surface area contributed by atoms with E-state index in [2.05, 4.69) is 26.1 Å². The van der Waals surface area contributed by atoms with Crippen LogP contribution in [-0.4, -0.2) is 35.8 Å². The molecule has 122 valence electrons. The van der Waals surface area contributed by atoms with Gasteiger partial charge in [-0.3, -0.25) is 9.59 Å². The average Bonchev–Trinajstić information content (AvgIpc) is 2.35. The van der Waals surface area contributed by atoms with Gasteiger partial charge in [-0.15, -0.1) is 0 Å². The highest BCUT2D eigenvalue weighted by atomic mass is 16.2. The van der Waals surface area contributed by atoms with Crippen molar-refractivity contribution >= 4 is 11.8 Å². The zero-order chi connectivity index (χ0) is 16.2. The van der Waals surface area contributed by atoms with Crippen LogP contribution in [0.2, 0.25) is 0 Å². The van der Waals surface area contributed by atoms with E-state index in [0.29, 0.717) is 18.9 Å². The van der Waals surface area contributed by atoms with Crippen molar-refractivity contribution in [2.24, 2.45) is 17.3 Å². The number of carbonyl (C=O) groups is 2. The van der Waals surface area contributed by atoms with Crippen molar-refractivity contribution in [2.45, 2.75) is 66.8 Å². The van der Waals surface area contributed by atoms with Gasteiger partial charge in [-0.05, 0) is 24.2 Å². The highest BCUT2D eigenvalue weighted by Crippen LogP contribution is 2.30. The minimum Gasteiger partial charge on any atom is -0.351 e.